The zero-order valence-electron chi connectivity index (χ0n) is 10.2. The number of fused-ring (bicyclic) bond motifs is 1. The van der Waals surface area contributed by atoms with Crippen LogP contribution in [0.2, 0.25) is 0 Å². The van der Waals surface area contributed by atoms with E-state index in [0.29, 0.717) is 0 Å². The monoisotopic (exact) mass is 208 g/mol. The van der Waals surface area contributed by atoms with Crippen LogP contribution in [-0.4, -0.2) is 49.6 Å². The van der Waals surface area contributed by atoms with E-state index in [0.717, 1.165) is 23.7 Å². The van der Waals surface area contributed by atoms with E-state index < -0.39 is 0 Å². The smallest absolute Gasteiger partial charge is 0.00161 e. The van der Waals surface area contributed by atoms with Gasteiger partial charge in [-0.25, -0.2) is 0 Å². The first-order valence-electron chi connectivity index (χ1n) is 6.65. The second-order valence-electron chi connectivity index (χ2n) is 6.20. The van der Waals surface area contributed by atoms with Crippen LogP contribution >= 0.6 is 0 Å². The van der Waals surface area contributed by atoms with Gasteiger partial charge in [0.15, 0.2) is 0 Å². The highest BCUT2D eigenvalue weighted by atomic mass is 15.2. The van der Waals surface area contributed by atoms with Gasteiger partial charge in [0.25, 0.3) is 0 Å². The number of likely N-dealkylation sites (tertiary alicyclic amines) is 2. The van der Waals surface area contributed by atoms with Crippen LogP contribution in [0.15, 0.2) is 0 Å². The molecule has 0 spiro atoms. The van der Waals surface area contributed by atoms with E-state index in [9.17, 15) is 0 Å². The van der Waals surface area contributed by atoms with Gasteiger partial charge in [-0.2, -0.15) is 0 Å². The lowest BCUT2D eigenvalue weighted by molar-refractivity contribution is 0.174. The van der Waals surface area contributed by atoms with Gasteiger partial charge in [-0.3, -0.25) is 0 Å². The Bertz CT molecular complexity index is 221. The fourth-order valence-corrected chi connectivity index (χ4v) is 3.67. The van der Waals surface area contributed by atoms with E-state index in [1.165, 1.54) is 45.6 Å². The summed E-state index contributed by atoms with van der Waals surface area (Å²) in [4.78, 5) is 5.23. The van der Waals surface area contributed by atoms with E-state index in [2.05, 4.69) is 23.8 Å². The van der Waals surface area contributed by atoms with Crippen LogP contribution in [0.4, 0.5) is 0 Å². The average molecular weight is 208 g/mol. The minimum absolute atomic E-state index is 0.978. The van der Waals surface area contributed by atoms with Crippen molar-refractivity contribution >= 4 is 0 Å². The summed E-state index contributed by atoms with van der Waals surface area (Å²) in [7, 11) is 2.27. The van der Waals surface area contributed by atoms with Gasteiger partial charge in [0.2, 0.25) is 0 Å². The summed E-state index contributed by atoms with van der Waals surface area (Å²) in [6.07, 6.45) is 2.86. The Hall–Kier alpha value is -0.0800. The van der Waals surface area contributed by atoms with E-state index >= 15 is 0 Å². The molecule has 2 heteroatoms. The van der Waals surface area contributed by atoms with Crippen LogP contribution in [0.3, 0.4) is 0 Å². The van der Waals surface area contributed by atoms with E-state index in [1.54, 1.807) is 0 Å². The summed E-state index contributed by atoms with van der Waals surface area (Å²) in [5, 5.41) is 0. The lowest BCUT2D eigenvalue weighted by atomic mass is 9.99. The third-order valence-electron chi connectivity index (χ3n) is 4.90. The fourth-order valence-electron chi connectivity index (χ4n) is 3.67. The van der Waals surface area contributed by atoms with Gasteiger partial charge >= 0.3 is 0 Å². The standard InChI is InChI=1S/C13H24N2/c1-10-3-5-15(6-4-10)9-13-11-7-14(2)8-12(11)13/h10-13H,3-9H2,1-2H3/t11-,12+,13?. The van der Waals surface area contributed by atoms with Gasteiger partial charge < -0.3 is 9.80 Å². The first kappa shape index (κ1) is 10.1. The average Bonchev–Trinajstić information content (AvgIpc) is 2.69. The van der Waals surface area contributed by atoms with Gasteiger partial charge in [0.1, 0.15) is 0 Å². The normalized spacial score (nSPS) is 43.2. The molecule has 1 unspecified atom stereocenters. The SMILES string of the molecule is CC1CCN(CC2[C@H]3CN(C)C[C@@H]23)CC1. The zero-order valence-corrected chi connectivity index (χ0v) is 10.2. The van der Waals surface area contributed by atoms with Crippen molar-refractivity contribution < 1.29 is 0 Å². The fraction of sp³-hybridized carbons (Fsp3) is 1.00. The number of hydrogen-bond donors (Lipinski definition) is 0. The molecule has 0 aromatic carbocycles. The lowest BCUT2D eigenvalue weighted by Crippen LogP contribution is -2.35. The van der Waals surface area contributed by atoms with Gasteiger partial charge in [0.05, 0.1) is 0 Å². The van der Waals surface area contributed by atoms with Crippen LogP contribution in [0.25, 0.3) is 0 Å². The quantitative estimate of drug-likeness (QED) is 0.679. The molecule has 3 aliphatic rings. The minimum Gasteiger partial charge on any atom is -0.306 e. The highest BCUT2D eigenvalue weighted by Crippen LogP contribution is 2.51. The molecule has 3 fully saturated rings. The first-order chi connectivity index (χ1) is 7.24. The highest BCUT2D eigenvalue weighted by Gasteiger charge is 2.54. The zero-order chi connectivity index (χ0) is 10.4. The van der Waals surface area contributed by atoms with Crippen molar-refractivity contribution in [1.29, 1.82) is 0 Å². The van der Waals surface area contributed by atoms with Crippen LogP contribution in [0, 0.1) is 23.7 Å². The Balaban J connectivity index is 1.44. The third-order valence-corrected chi connectivity index (χ3v) is 4.90. The maximum Gasteiger partial charge on any atom is 0.00161 e. The second-order valence-corrected chi connectivity index (χ2v) is 6.20. The van der Waals surface area contributed by atoms with Crippen molar-refractivity contribution in [3.05, 3.63) is 0 Å². The minimum atomic E-state index is 0.978. The maximum atomic E-state index is 2.73. The van der Waals surface area contributed by atoms with E-state index in [4.69, 9.17) is 0 Å². The molecule has 0 N–H and O–H groups in total. The summed E-state index contributed by atoms with van der Waals surface area (Å²) in [6.45, 7) is 9.30. The summed E-state index contributed by atoms with van der Waals surface area (Å²) in [5.74, 6) is 4.17. The molecule has 1 aliphatic carbocycles. The predicted molar refractivity (Wildman–Crippen MR) is 62.8 cm³/mol. The highest BCUT2D eigenvalue weighted by molar-refractivity contribution is 5.05. The second kappa shape index (κ2) is 3.74. The molecule has 86 valence electrons. The topological polar surface area (TPSA) is 6.48 Å². The van der Waals surface area contributed by atoms with Gasteiger partial charge in [-0.15, -0.1) is 0 Å². The first-order valence-corrected chi connectivity index (χ1v) is 6.65. The van der Waals surface area contributed by atoms with Gasteiger partial charge in [-0.05, 0) is 56.7 Å². The predicted octanol–water partition coefficient (Wildman–Crippen LogP) is 1.53. The Morgan fingerprint density at radius 3 is 2.27 bits per heavy atom. The third kappa shape index (κ3) is 1.94. The Kier molecular flexibility index (Phi) is 2.52. The molecule has 0 amide bonds. The maximum absolute atomic E-state index is 2.73. The number of piperidine rings is 2. The molecule has 2 saturated heterocycles. The van der Waals surface area contributed by atoms with Crippen molar-refractivity contribution in [3.63, 3.8) is 0 Å². The Morgan fingerprint density at radius 2 is 1.67 bits per heavy atom. The van der Waals surface area contributed by atoms with Crippen LogP contribution in [0.5, 0.6) is 0 Å². The van der Waals surface area contributed by atoms with Crippen LogP contribution < -0.4 is 0 Å². The lowest BCUT2D eigenvalue weighted by Gasteiger charge is -2.31. The number of nitrogens with zero attached hydrogens (tertiary/aromatic N) is 2. The van der Waals surface area contributed by atoms with Crippen molar-refractivity contribution in [2.24, 2.45) is 23.7 Å². The summed E-state index contributed by atoms with van der Waals surface area (Å²) < 4.78 is 0. The van der Waals surface area contributed by atoms with Crippen LogP contribution in [0.1, 0.15) is 19.8 Å². The molecule has 15 heavy (non-hydrogen) atoms. The molecular formula is C13H24N2. The van der Waals surface area contributed by atoms with E-state index in [1.807, 2.05) is 0 Å². The van der Waals surface area contributed by atoms with Gasteiger partial charge in [0, 0.05) is 19.6 Å². The summed E-state index contributed by atoms with van der Waals surface area (Å²) in [6, 6.07) is 0. The summed E-state index contributed by atoms with van der Waals surface area (Å²) >= 11 is 0. The van der Waals surface area contributed by atoms with E-state index in [-0.39, 0.29) is 0 Å². The molecule has 2 heterocycles. The van der Waals surface area contributed by atoms with Crippen LogP contribution in [-0.2, 0) is 0 Å². The molecule has 0 radical (unpaired) electrons. The summed E-state index contributed by atoms with van der Waals surface area (Å²) in [5.41, 5.74) is 0. The largest absolute Gasteiger partial charge is 0.306 e. The van der Waals surface area contributed by atoms with Crippen molar-refractivity contribution in [2.45, 2.75) is 19.8 Å². The number of rotatable bonds is 2. The van der Waals surface area contributed by atoms with Crippen molar-refractivity contribution in [3.8, 4) is 0 Å². The molecule has 2 nitrogen and oxygen atoms in total. The molecule has 2 aliphatic heterocycles. The molecular weight excluding hydrogens is 184 g/mol. The molecule has 0 aromatic heterocycles. The molecule has 3 rings (SSSR count). The van der Waals surface area contributed by atoms with Crippen molar-refractivity contribution in [2.75, 3.05) is 39.8 Å². The Morgan fingerprint density at radius 1 is 1.07 bits per heavy atom. The molecule has 0 aromatic rings. The molecule has 0 bridgehead atoms. The molecule has 1 saturated carbocycles. The Labute approximate surface area is 93.6 Å². The number of hydrogen-bond acceptors (Lipinski definition) is 2. The van der Waals surface area contributed by atoms with Gasteiger partial charge in [-0.1, -0.05) is 6.92 Å². The van der Waals surface area contributed by atoms with Crippen molar-refractivity contribution in [1.82, 2.24) is 9.80 Å². The molecule has 3 atom stereocenters.